The largest absolute Gasteiger partial charge is 0.487 e. The molecule has 2 aromatic carbocycles. The molecule has 212 valence electrons. The predicted octanol–water partition coefficient (Wildman–Crippen LogP) is 2.90. The Balaban J connectivity index is 1.35. The Morgan fingerprint density at radius 2 is 1.98 bits per heavy atom. The molecule has 1 aliphatic carbocycles. The Morgan fingerprint density at radius 1 is 1.23 bits per heavy atom. The molecule has 0 bridgehead atoms. The van der Waals surface area contributed by atoms with Crippen LogP contribution in [0.15, 0.2) is 47.4 Å². The lowest BCUT2D eigenvalue weighted by atomic mass is 9.86. The molecule has 1 saturated carbocycles. The first-order valence-electron chi connectivity index (χ1n) is 13.1. The highest BCUT2D eigenvalue weighted by atomic mass is 32.2. The smallest absolute Gasteiger partial charge is 0.343 e. The number of aliphatic hydroxyl groups is 1. The van der Waals surface area contributed by atoms with Gasteiger partial charge in [-0.3, -0.25) is 8.98 Å². The molecule has 1 saturated heterocycles. The summed E-state index contributed by atoms with van der Waals surface area (Å²) < 4.78 is 56.8. The van der Waals surface area contributed by atoms with Crippen LogP contribution in [0.4, 0.5) is 10.1 Å². The average molecular weight is 573 g/mol. The van der Waals surface area contributed by atoms with Gasteiger partial charge < -0.3 is 24.0 Å². The standard InChI is InChI=1S/C28H29FN2O8S/c1-40(35,36)39-16-28(34)9-10-30-19(12-28)15-37-26-23-20(11-22(29)24(26)30)25(32)21(13-31(23)18-7-8-18)27(33)38-14-17-5-3-2-4-6-17/h2-6,11,13,18-19,34H,7-10,12,14-16H2,1H3/t19-,28+/m0/s1. The molecular formula is C28H29FN2O8S. The van der Waals surface area contributed by atoms with Crippen LogP contribution in [-0.2, 0) is 25.6 Å². The van der Waals surface area contributed by atoms with Gasteiger partial charge in [-0.1, -0.05) is 30.3 Å². The number of nitrogens with zero attached hydrogens (tertiary/aromatic N) is 2. The summed E-state index contributed by atoms with van der Waals surface area (Å²) in [4.78, 5) is 28.3. The number of hydrogen-bond acceptors (Lipinski definition) is 9. The third-order valence-electron chi connectivity index (χ3n) is 7.69. The van der Waals surface area contributed by atoms with Crippen molar-refractivity contribution in [2.75, 3.05) is 30.9 Å². The van der Waals surface area contributed by atoms with Crippen LogP contribution in [0.3, 0.4) is 0 Å². The van der Waals surface area contributed by atoms with E-state index in [0.717, 1.165) is 30.7 Å². The van der Waals surface area contributed by atoms with E-state index >= 15 is 4.39 Å². The highest BCUT2D eigenvalue weighted by Gasteiger charge is 2.44. The minimum Gasteiger partial charge on any atom is -0.487 e. The van der Waals surface area contributed by atoms with Gasteiger partial charge in [0.2, 0.25) is 5.43 Å². The Morgan fingerprint density at radius 3 is 2.67 bits per heavy atom. The molecule has 3 heterocycles. The first-order valence-corrected chi connectivity index (χ1v) is 14.9. The number of esters is 1. The quantitative estimate of drug-likeness (QED) is 0.336. The number of rotatable bonds is 7. The lowest BCUT2D eigenvalue weighted by Crippen LogP contribution is -2.56. The molecule has 2 atom stereocenters. The summed E-state index contributed by atoms with van der Waals surface area (Å²) in [7, 11) is -3.74. The average Bonchev–Trinajstić information content (AvgIpc) is 3.77. The van der Waals surface area contributed by atoms with Crippen molar-refractivity contribution in [1.82, 2.24) is 4.57 Å². The fraction of sp³-hybridized carbons (Fsp3) is 0.429. The molecule has 3 aromatic rings. The van der Waals surface area contributed by atoms with Crippen LogP contribution in [0.5, 0.6) is 5.75 Å². The summed E-state index contributed by atoms with van der Waals surface area (Å²) in [5, 5.41) is 11.0. The third kappa shape index (κ3) is 5.06. The maximum absolute atomic E-state index is 15.7. The van der Waals surface area contributed by atoms with Crippen LogP contribution >= 0.6 is 0 Å². The maximum atomic E-state index is 15.7. The number of piperidine rings is 1. The zero-order valence-electron chi connectivity index (χ0n) is 21.8. The van der Waals surface area contributed by atoms with E-state index < -0.39 is 45.6 Å². The fourth-order valence-corrected chi connectivity index (χ4v) is 6.00. The predicted molar refractivity (Wildman–Crippen MR) is 144 cm³/mol. The lowest BCUT2D eigenvalue weighted by molar-refractivity contribution is -0.0376. The number of carbonyl (C=O) groups excluding carboxylic acids is 1. The summed E-state index contributed by atoms with van der Waals surface area (Å²) in [6.07, 6.45) is 4.34. The molecule has 0 spiro atoms. The van der Waals surface area contributed by atoms with Gasteiger partial charge in [-0.2, -0.15) is 8.42 Å². The van der Waals surface area contributed by atoms with Crippen molar-refractivity contribution in [3.05, 3.63) is 69.8 Å². The van der Waals surface area contributed by atoms with Crippen LogP contribution in [0.1, 0.15) is 47.6 Å². The molecule has 1 aromatic heterocycles. The minimum absolute atomic E-state index is 0.000161. The van der Waals surface area contributed by atoms with E-state index in [9.17, 15) is 23.1 Å². The van der Waals surface area contributed by atoms with Gasteiger partial charge in [0.05, 0.1) is 35.4 Å². The van der Waals surface area contributed by atoms with Crippen molar-refractivity contribution in [2.45, 2.75) is 50.0 Å². The summed E-state index contributed by atoms with van der Waals surface area (Å²) in [5.41, 5.74) is -0.839. The van der Waals surface area contributed by atoms with Crippen LogP contribution in [0.25, 0.3) is 10.9 Å². The molecule has 0 unspecified atom stereocenters. The summed E-state index contributed by atoms with van der Waals surface area (Å²) in [6, 6.07) is 9.84. The van der Waals surface area contributed by atoms with Crippen molar-refractivity contribution in [3.8, 4) is 5.75 Å². The van der Waals surface area contributed by atoms with Crippen LogP contribution in [0, 0.1) is 5.82 Å². The first kappa shape index (κ1) is 26.7. The van der Waals surface area contributed by atoms with Crippen LogP contribution < -0.4 is 15.1 Å². The summed E-state index contributed by atoms with van der Waals surface area (Å²) in [5.74, 6) is -1.24. The highest BCUT2D eigenvalue weighted by molar-refractivity contribution is 7.85. The van der Waals surface area contributed by atoms with Crippen molar-refractivity contribution in [1.29, 1.82) is 0 Å². The van der Waals surface area contributed by atoms with E-state index in [2.05, 4.69) is 0 Å². The van der Waals surface area contributed by atoms with Crippen molar-refractivity contribution < 1.29 is 36.4 Å². The second-order valence-electron chi connectivity index (χ2n) is 10.8. The SMILES string of the molecule is CS(=O)(=O)OC[C@@]1(O)CCN2c3c(F)cc4c(=O)c(C(=O)OCc5ccccc5)cn(C5CC5)c4c3OC[C@@H]2C1. The Bertz CT molecular complexity index is 1650. The van der Waals surface area contributed by atoms with Crippen molar-refractivity contribution >= 4 is 32.7 Å². The highest BCUT2D eigenvalue weighted by Crippen LogP contribution is 2.47. The van der Waals surface area contributed by atoms with Crippen molar-refractivity contribution in [2.24, 2.45) is 0 Å². The van der Waals surface area contributed by atoms with Gasteiger partial charge in [-0.15, -0.1) is 0 Å². The van der Waals surface area contributed by atoms with Gasteiger partial charge in [0.15, 0.2) is 11.6 Å². The third-order valence-corrected chi connectivity index (χ3v) is 8.24. The number of hydrogen-bond donors (Lipinski definition) is 1. The molecule has 12 heteroatoms. The monoisotopic (exact) mass is 572 g/mol. The normalized spacial score (nSPS) is 22.4. The number of halogens is 1. The number of pyridine rings is 1. The molecule has 0 radical (unpaired) electrons. The van der Waals surface area contributed by atoms with E-state index in [1.54, 1.807) is 4.90 Å². The molecule has 3 aliphatic rings. The second-order valence-corrected chi connectivity index (χ2v) is 12.5. The number of benzene rings is 2. The Hall–Kier alpha value is -3.48. The van der Waals surface area contributed by atoms with Gasteiger partial charge in [-0.25, -0.2) is 9.18 Å². The van der Waals surface area contributed by atoms with Crippen LogP contribution in [-0.4, -0.2) is 61.7 Å². The van der Waals surface area contributed by atoms with Crippen molar-refractivity contribution in [3.63, 3.8) is 0 Å². The molecule has 1 N–H and O–H groups in total. The Kier molecular flexibility index (Phi) is 6.59. The molecule has 2 fully saturated rings. The fourth-order valence-electron chi connectivity index (χ4n) is 5.57. The van der Waals surface area contributed by atoms with Gasteiger partial charge in [0.25, 0.3) is 10.1 Å². The van der Waals surface area contributed by atoms with Crippen LogP contribution in [0.2, 0.25) is 0 Å². The number of aromatic nitrogens is 1. The topological polar surface area (TPSA) is 124 Å². The summed E-state index contributed by atoms with van der Waals surface area (Å²) >= 11 is 0. The first-order chi connectivity index (χ1) is 19.0. The van der Waals surface area contributed by atoms with E-state index in [1.165, 1.54) is 6.20 Å². The molecule has 40 heavy (non-hydrogen) atoms. The van der Waals surface area contributed by atoms with E-state index in [4.69, 9.17) is 13.7 Å². The number of ether oxygens (including phenoxy) is 2. The second kappa shape index (κ2) is 9.86. The van der Waals surface area contributed by atoms with Gasteiger partial charge in [0.1, 0.15) is 24.5 Å². The minimum atomic E-state index is -3.74. The van der Waals surface area contributed by atoms with Gasteiger partial charge in [0, 0.05) is 25.2 Å². The summed E-state index contributed by atoms with van der Waals surface area (Å²) in [6.45, 7) is -0.0785. The van der Waals surface area contributed by atoms with E-state index in [0.29, 0.717) is 5.52 Å². The number of fused-ring (bicyclic) bond motifs is 5. The zero-order valence-corrected chi connectivity index (χ0v) is 22.7. The van der Waals surface area contributed by atoms with Gasteiger partial charge in [-0.05, 0) is 30.9 Å². The Labute approximate surface area is 230 Å². The van der Waals surface area contributed by atoms with E-state index in [1.807, 2.05) is 34.9 Å². The zero-order chi connectivity index (χ0) is 28.2. The number of carbonyl (C=O) groups is 1. The van der Waals surface area contributed by atoms with E-state index in [-0.39, 0.29) is 61.0 Å². The molecule has 0 amide bonds. The number of anilines is 1. The van der Waals surface area contributed by atoms with Gasteiger partial charge >= 0.3 is 5.97 Å². The molecule has 10 nitrogen and oxygen atoms in total. The maximum Gasteiger partial charge on any atom is 0.343 e. The lowest BCUT2D eigenvalue weighted by Gasteiger charge is -2.47. The molecule has 6 rings (SSSR count). The molecular weight excluding hydrogens is 543 g/mol. The molecule has 2 aliphatic heterocycles.